The molecule has 2 N–H and O–H groups in total. The van der Waals surface area contributed by atoms with E-state index in [9.17, 15) is 14.4 Å². The molecule has 0 saturated heterocycles. The van der Waals surface area contributed by atoms with Gasteiger partial charge in [-0.2, -0.15) is 5.10 Å². The summed E-state index contributed by atoms with van der Waals surface area (Å²) in [6, 6.07) is 12.9. The number of H-pyrrole nitrogens is 1. The molecule has 0 aliphatic heterocycles. The Kier molecular flexibility index (Phi) is 6.11. The Balaban J connectivity index is 1.86. The smallest absolute Gasteiger partial charge is 0.337 e. The van der Waals surface area contributed by atoms with E-state index in [0.717, 1.165) is 5.56 Å². The lowest BCUT2D eigenvalue weighted by molar-refractivity contribution is 0.0599. The number of nitrogens with zero attached hydrogens (tertiary/aromatic N) is 1. The summed E-state index contributed by atoms with van der Waals surface area (Å²) in [5, 5.41) is 9.46. The third-order valence-electron chi connectivity index (χ3n) is 4.22. The van der Waals surface area contributed by atoms with Gasteiger partial charge in [-0.05, 0) is 36.4 Å². The van der Waals surface area contributed by atoms with Gasteiger partial charge < -0.3 is 19.5 Å². The molecule has 0 fully saturated rings. The fourth-order valence-electron chi connectivity index (χ4n) is 2.74. The van der Waals surface area contributed by atoms with Gasteiger partial charge in [0.1, 0.15) is 11.4 Å². The van der Waals surface area contributed by atoms with Crippen molar-refractivity contribution in [2.24, 2.45) is 0 Å². The summed E-state index contributed by atoms with van der Waals surface area (Å²) in [6.07, 6.45) is 0. The van der Waals surface area contributed by atoms with E-state index in [0.29, 0.717) is 11.4 Å². The molecule has 1 amide bonds. The van der Waals surface area contributed by atoms with Gasteiger partial charge in [0.25, 0.3) is 5.91 Å². The molecule has 154 valence electrons. The largest absolute Gasteiger partial charge is 0.497 e. The van der Waals surface area contributed by atoms with E-state index in [-0.39, 0.29) is 22.5 Å². The third-order valence-corrected chi connectivity index (χ3v) is 4.22. The number of benzene rings is 2. The van der Waals surface area contributed by atoms with Crippen LogP contribution in [0, 0.1) is 0 Å². The number of ether oxygens (including phenoxy) is 3. The second-order valence-electron chi connectivity index (χ2n) is 6.14. The molecule has 30 heavy (non-hydrogen) atoms. The molecule has 9 nitrogen and oxygen atoms in total. The monoisotopic (exact) mass is 409 g/mol. The lowest BCUT2D eigenvalue weighted by Crippen LogP contribution is -2.14. The van der Waals surface area contributed by atoms with Crippen molar-refractivity contribution in [3.63, 3.8) is 0 Å². The summed E-state index contributed by atoms with van der Waals surface area (Å²) in [4.78, 5) is 36.4. The predicted molar refractivity (Wildman–Crippen MR) is 108 cm³/mol. The van der Waals surface area contributed by atoms with Crippen LogP contribution in [0.5, 0.6) is 5.75 Å². The van der Waals surface area contributed by atoms with Crippen molar-refractivity contribution in [3.8, 4) is 17.0 Å². The molecule has 3 aromatic rings. The van der Waals surface area contributed by atoms with Gasteiger partial charge in [-0.25, -0.2) is 9.59 Å². The van der Waals surface area contributed by atoms with Gasteiger partial charge in [-0.15, -0.1) is 0 Å². The zero-order chi connectivity index (χ0) is 21.7. The molecule has 0 atom stereocenters. The fourth-order valence-corrected chi connectivity index (χ4v) is 2.74. The van der Waals surface area contributed by atoms with E-state index in [1.165, 1.54) is 32.4 Å². The molecular formula is C21H19N3O6. The Hall–Kier alpha value is -4.14. The van der Waals surface area contributed by atoms with Crippen LogP contribution in [0.2, 0.25) is 0 Å². The van der Waals surface area contributed by atoms with Crippen LogP contribution in [-0.4, -0.2) is 49.4 Å². The first kappa shape index (κ1) is 20.6. The number of carbonyl (C=O) groups is 3. The molecule has 0 aliphatic carbocycles. The molecule has 0 bridgehead atoms. The molecule has 3 rings (SSSR count). The van der Waals surface area contributed by atoms with Crippen LogP contribution in [-0.2, 0) is 9.47 Å². The maximum Gasteiger partial charge on any atom is 0.337 e. The predicted octanol–water partition coefficient (Wildman–Crippen LogP) is 2.91. The van der Waals surface area contributed by atoms with Gasteiger partial charge in [0.15, 0.2) is 0 Å². The Bertz CT molecular complexity index is 1070. The van der Waals surface area contributed by atoms with E-state index in [1.54, 1.807) is 25.3 Å². The number of methoxy groups -OCH3 is 3. The average molecular weight is 409 g/mol. The number of anilines is 1. The van der Waals surface area contributed by atoms with Gasteiger partial charge in [0.05, 0.1) is 38.2 Å². The lowest BCUT2D eigenvalue weighted by Gasteiger charge is -2.09. The molecule has 9 heteroatoms. The minimum Gasteiger partial charge on any atom is -0.497 e. The van der Waals surface area contributed by atoms with Gasteiger partial charge in [-0.1, -0.05) is 12.1 Å². The van der Waals surface area contributed by atoms with Crippen LogP contribution in [0.15, 0.2) is 48.5 Å². The van der Waals surface area contributed by atoms with E-state index in [1.807, 2.05) is 12.1 Å². The highest BCUT2D eigenvalue weighted by atomic mass is 16.5. The summed E-state index contributed by atoms with van der Waals surface area (Å²) in [5.74, 6) is -1.15. The van der Waals surface area contributed by atoms with Crippen LogP contribution >= 0.6 is 0 Å². The van der Waals surface area contributed by atoms with Crippen molar-refractivity contribution in [2.45, 2.75) is 0 Å². The summed E-state index contributed by atoms with van der Waals surface area (Å²) in [7, 11) is 4.00. The molecule has 1 aromatic heterocycles. The highest BCUT2D eigenvalue weighted by Gasteiger charge is 2.17. The second-order valence-corrected chi connectivity index (χ2v) is 6.14. The maximum absolute atomic E-state index is 12.6. The minimum atomic E-state index is -0.655. The third kappa shape index (κ3) is 4.46. The first-order chi connectivity index (χ1) is 14.4. The number of rotatable bonds is 6. The summed E-state index contributed by atoms with van der Waals surface area (Å²) in [6.45, 7) is 0. The Morgan fingerprint density at radius 2 is 1.57 bits per heavy atom. The first-order valence-electron chi connectivity index (χ1n) is 8.78. The van der Waals surface area contributed by atoms with E-state index < -0.39 is 17.8 Å². The first-order valence-corrected chi connectivity index (χ1v) is 8.78. The SMILES string of the molecule is COC(=O)c1cc(NC(=O)c2cc(-c3cccc(OC)c3)n[nH]2)cc(C(=O)OC)c1. The number of nitrogens with one attached hydrogen (secondary N) is 2. The maximum atomic E-state index is 12.6. The van der Waals surface area contributed by atoms with Crippen molar-refractivity contribution in [1.82, 2.24) is 10.2 Å². The Morgan fingerprint density at radius 1 is 0.900 bits per heavy atom. The van der Waals surface area contributed by atoms with Crippen LogP contribution < -0.4 is 10.1 Å². The van der Waals surface area contributed by atoms with Gasteiger partial charge >= 0.3 is 11.9 Å². The van der Waals surface area contributed by atoms with E-state index >= 15 is 0 Å². The van der Waals surface area contributed by atoms with Crippen LogP contribution in [0.4, 0.5) is 5.69 Å². The van der Waals surface area contributed by atoms with Crippen molar-refractivity contribution in [1.29, 1.82) is 0 Å². The summed E-state index contributed by atoms with van der Waals surface area (Å²) >= 11 is 0. The Labute approximate surface area is 172 Å². The van der Waals surface area contributed by atoms with Crippen molar-refractivity contribution in [2.75, 3.05) is 26.6 Å². The number of hydrogen-bond acceptors (Lipinski definition) is 7. The molecule has 1 heterocycles. The molecule has 0 unspecified atom stereocenters. The molecular weight excluding hydrogens is 390 g/mol. The number of hydrogen-bond donors (Lipinski definition) is 2. The summed E-state index contributed by atoms with van der Waals surface area (Å²) in [5.41, 5.74) is 1.93. The van der Waals surface area contributed by atoms with Gasteiger partial charge in [0.2, 0.25) is 0 Å². The van der Waals surface area contributed by atoms with Gasteiger partial charge in [-0.3, -0.25) is 9.89 Å². The summed E-state index contributed by atoms with van der Waals surface area (Å²) < 4.78 is 14.6. The zero-order valence-corrected chi connectivity index (χ0v) is 16.5. The van der Waals surface area contributed by atoms with Crippen molar-refractivity contribution in [3.05, 3.63) is 65.4 Å². The van der Waals surface area contributed by atoms with Crippen LogP contribution in [0.25, 0.3) is 11.3 Å². The molecule has 0 saturated carbocycles. The Morgan fingerprint density at radius 3 is 2.17 bits per heavy atom. The molecule has 0 spiro atoms. The highest BCUT2D eigenvalue weighted by Crippen LogP contribution is 2.23. The lowest BCUT2D eigenvalue weighted by atomic mass is 10.1. The molecule has 0 radical (unpaired) electrons. The van der Waals surface area contributed by atoms with Crippen LogP contribution in [0.1, 0.15) is 31.2 Å². The van der Waals surface area contributed by atoms with E-state index in [4.69, 9.17) is 14.2 Å². The fraction of sp³-hybridized carbons (Fsp3) is 0.143. The van der Waals surface area contributed by atoms with Gasteiger partial charge in [0, 0.05) is 11.3 Å². The number of aromatic amines is 1. The number of esters is 2. The normalized spacial score (nSPS) is 10.2. The standard InChI is InChI=1S/C21H19N3O6/c1-28-16-6-4-5-12(10-16)17-11-18(24-23-17)19(25)22-15-8-13(20(26)29-2)7-14(9-15)21(27)30-3/h4-11H,1-3H3,(H,22,25)(H,23,24). The number of amides is 1. The van der Waals surface area contributed by atoms with Crippen molar-refractivity contribution < 1.29 is 28.6 Å². The quantitative estimate of drug-likeness (QED) is 0.601. The topological polar surface area (TPSA) is 120 Å². The van der Waals surface area contributed by atoms with E-state index in [2.05, 4.69) is 15.5 Å². The van der Waals surface area contributed by atoms with Crippen LogP contribution in [0.3, 0.4) is 0 Å². The highest BCUT2D eigenvalue weighted by molar-refractivity contribution is 6.05. The van der Waals surface area contributed by atoms with Crippen molar-refractivity contribution >= 4 is 23.5 Å². The number of aromatic nitrogens is 2. The number of carbonyl (C=O) groups excluding carboxylic acids is 3. The molecule has 0 aliphatic rings. The zero-order valence-electron chi connectivity index (χ0n) is 16.5. The molecule has 2 aromatic carbocycles. The average Bonchev–Trinajstić information content (AvgIpc) is 3.28. The minimum absolute atomic E-state index is 0.0948. The second kappa shape index (κ2) is 8.91.